The molecular formula is C13H23N. The second-order valence-electron chi connectivity index (χ2n) is 4.97. The van der Waals surface area contributed by atoms with Crippen molar-refractivity contribution < 1.29 is 0 Å². The first kappa shape index (κ1) is 10.2. The second kappa shape index (κ2) is 4.48. The predicted octanol–water partition coefficient (Wildman–Crippen LogP) is 3.36. The molecule has 0 bridgehead atoms. The van der Waals surface area contributed by atoms with Crippen LogP contribution in [0.3, 0.4) is 0 Å². The molecule has 0 amide bonds. The molecule has 0 spiro atoms. The van der Waals surface area contributed by atoms with Gasteiger partial charge in [-0.05, 0) is 45.2 Å². The SMILES string of the molecule is C=CCC1(N2CCCC2)CCCCC1. The zero-order valence-electron chi connectivity index (χ0n) is 9.30. The van der Waals surface area contributed by atoms with Crippen LogP contribution in [0.4, 0.5) is 0 Å². The van der Waals surface area contributed by atoms with Crippen LogP contribution in [0, 0.1) is 0 Å². The van der Waals surface area contributed by atoms with Gasteiger partial charge in [-0.3, -0.25) is 4.90 Å². The van der Waals surface area contributed by atoms with E-state index in [-0.39, 0.29) is 0 Å². The van der Waals surface area contributed by atoms with E-state index in [1.165, 1.54) is 64.5 Å². The van der Waals surface area contributed by atoms with E-state index in [1.54, 1.807) is 0 Å². The van der Waals surface area contributed by atoms with Crippen molar-refractivity contribution in [1.82, 2.24) is 4.90 Å². The van der Waals surface area contributed by atoms with Crippen LogP contribution >= 0.6 is 0 Å². The zero-order chi connectivity index (χ0) is 9.86. The molecule has 1 saturated heterocycles. The van der Waals surface area contributed by atoms with E-state index in [9.17, 15) is 0 Å². The van der Waals surface area contributed by atoms with Crippen LogP contribution in [0.1, 0.15) is 51.4 Å². The van der Waals surface area contributed by atoms with Crippen LogP contribution in [0.2, 0.25) is 0 Å². The van der Waals surface area contributed by atoms with Crippen molar-refractivity contribution in [2.45, 2.75) is 56.9 Å². The third-order valence-electron chi connectivity index (χ3n) is 4.09. The van der Waals surface area contributed by atoms with E-state index < -0.39 is 0 Å². The van der Waals surface area contributed by atoms with Crippen molar-refractivity contribution in [3.8, 4) is 0 Å². The summed E-state index contributed by atoms with van der Waals surface area (Å²) < 4.78 is 0. The summed E-state index contributed by atoms with van der Waals surface area (Å²) >= 11 is 0. The molecule has 14 heavy (non-hydrogen) atoms. The molecule has 2 fully saturated rings. The average molecular weight is 193 g/mol. The highest BCUT2D eigenvalue weighted by Gasteiger charge is 2.37. The Bertz CT molecular complexity index is 185. The maximum absolute atomic E-state index is 3.94. The molecule has 0 aromatic carbocycles. The Hall–Kier alpha value is -0.300. The van der Waals surface area contributed by atoms with Gasteiger partial charge >= 0.3 is 0 Å². The molecule has 80 valence electrons. The van der Waals surface area contributed by atoms with E-state index in [0.717, 1.165) is 0 Å². The van der Waals surface area contributed by atoms with Gasteiger partial charge in [0.25, 0.3) is 0 Å². The predicted molar refractivity (Wildman–Crippen MR) is 61.4 cm³/mol. The van der Waals surface area contributed by atoms with Crippen LogP contribution in [-0.2, 0) is 0 Å². The molecule has 0 aromatic rings. The Labute approximate surface area is 88.2 Å². The maximum atomic E-state index is 3.94. The van der Waals surface area contributed by atoms with Crippen molar-refractivity contribution in [3.05, 3.63) is 12.7 Å². The third kappa shape index (κ3) is 1.88. The molecule has 0 radical (unpaired) electrons. The van der Waals surface area contributed by atoms with Crippen molar-refractivity contribution in [1.29, 1.82) is 0 Å². The lowest BCUT2D eigenvalue weighted by molar-refractivity contribution is 0.0756. The number of rotatable bonds is 3. The minimum atomic E-state index is 0.524. The summed E-state index contributed by atoms with van der Waals surface area (Å²) in [6.45, 7) is 6.63. The zero-order valence-corrected chi connectivity index (χ0v) is 9.30. The van der Waals surface area contributed by atoms with Gasteiger partial charge in [0.15, 0.2) is 0 Å². The van der Waals surface area contributed by atoms with Crippen molar-refractivity contribution >= 4 is 0 Å². The number of nitrogens with zero attached hydrogens (tertiary/aromatic N) is 1. The van der Waals surface area contributed by atoms with E-state index in [1.807, 2.05) is 0 Å². The summed E-state index contributed by atoms with van der Waals surface area (Å²) in [6.07, 6.45) is 13.3. The summed E-state index contributed by atoms with van der Waals surface area (Å²) in [5.74, 6) is 0. The molecule has 1 nitrogen and oxygen atoms in total. The highest BCUT2D eigenvalue weighted by atomic mass is 15.2. The van der Waals surface area contributed by atoms with Crippen LogP contribution in [0.15, 0.2) is 12.7 Å². The first-order valence-electron chi connectivity index (χ1n) is 6.23. The van der Waals surface area contributed by atoms with Gasteiger partial charge < -0.3 is 0 Å². The Kier molecular flexibility index (Phi) is 3.27. The standard InChI is InChI=1S/C13H23N/c1-2-8-13(9-4-3-5-10-13)14-11-6-7-12-14/h2H,1,3-12H2. The molecule has 0 aromatic heterocycles. The first-order chi connectivity index (χ1) is 6.87. The van der Waals surface area contributed by atoms with Gasteiger partial charge in [-0.1, -0.05) is 25.3 Å². The van der Waals surface area contributed by atoms with Gasteiger partial charge in [0.1, 0.15) is 0 Å². The molecule has 1 aliphatic carbocycles. The highest BCUT2D eigenvalue weighted by Crippen LogP contribution is 2.38. The summed E-state index contributed by atoms with van der Waals surface area (Å²) in [5.41, 5.74) is 0.524. The van der Waals surface area contributed by atoms with E-state index in [2.05, 4.69) is 17.6 Å². The Morgan fingerprint density at radius 3 is 2.21 bits per heavy atom. The summed E-state index contributed by atoms with van der Waals surface area (Å²) in [5, 5.41) is 0. The van der Waals surface area contributed by atoms with Crippen molar-refractivity contribution in [2.24, 2.45) is 0 Å². The van der Waals surface area contributed by atoms with E-state index in [4.69, 9.17) is 0 Å². The molecule has 0 atom stereocenters. The molecule has 0 N–H and O–H groups in total. The van der Waals surface area contributed by atoms with Gasteiger partial charge in [0, 0.05) is 5.54 Å². The Morgan fingerprint density at radius 1 is 1.00 bits per heavy atom. The largest absolute Gasteiger partial charge is 0.297 e. The molecule has 1 heterocycles. The monoisotopic (exact) mass is 193 g/mol. The molecule has 1 aliphatic heterocycles. The Balaban J connectivity index is 2.06. The summed E-state index contributed by atoms with van der Waals surface area (Å²) in [7, 11) is 0. The minimum Gasteiger partial charge on any atom is -0.297 e. The van der Waals surface area contributed by atoms with Crippen molar-refractivity contribution in [2.75, 3.05) is 13.1 Å². The quantitative estimate of drug-likeness (QED) is 0.621. The highest BCUT2D eigenvalue weighted by molar-refractivity contribution is 4.98. The molecule has 2 rings (SSSR count). The van der Waals surface area contributed by atoms with E-state index in [0.29, 0.717) is 5.54 Å². The lowest BCUT2D eigenvalue weighted by atomic mass is 9.78. The first-order valence-corrected chi connectivity index (χ1v) is 6.23. The number of hydrogen-bond donors (Lipinski definition) is 0. The van der Waals surface area contributed by atoms with Gasteiger partial charge in [-0.25, -0.2) is 0 Å². The molecule has 1 heteroatoms. The van der Waals surface area contributed by atoms with Crippen molar-refractivity contribution in [3.63, 3.8) is 0 Å². The van der Waals surface area contributed by atoms with Crippen LogP contribution in [0.5, 0.6) is 0 Å². The van der Waals surface area contributed by atoms with Crippen LogP contribution in [0.25, 0.3) is 0 Å². The fourth-order valence-electron chi connectivity index (χ4n) is 3.32. The lowest BCUT2D eigenvalue weighted by Crippen LogP contribution is -2.48. The van der Waals surface area contributed by atoms with Gasteiger partial charge in [-0.2, -0.15) is 0 Å². The summed E-state index contributed by atoms with van der Waals surface area (Å²) in [4.78, 5) is 2.76. The fraction of sp³-hybridized carbons (Fsp3) is 0.846. The topological polar surface area (TPSA) is 3.24 Å². The lowest BCUT2D eigenvalue weighted by Gasteiger charge is -2.44. The molecular weight excluding hydrogens is 170 g/mol. The smallest absolute Gasteiger partial charge is 0.0243 e. The van der Waals surface area contributed by atoms with Crippen LogP contribution < -0.4 is 0 Å². The van der Waals surface area contributed by atoms with Crippen LogP contribution in [-0.4, -0.2) is 23.5 Å². The normalized spacial score (nSPS) is 27.7. The number of hydrogen-bond acceptors (Lipinski definition) is 1. The third-order valence-corrected chi connectivity index (χ3v) is 4.09. The molecule has 0 unspecified atom stereocenters. The maximum Gasteiger partial charge on any atom is 0.0243 e. The molecule has 2 aliphatic rings. The average Bonchev–Trinajstić information content (AvgIpc) is 2.73. The van der Waals surface area contributed by atoms with E-state index >= 15 is 0 Å². The molecule has 1 saturated carbocycles. The van der Waals surface area contributed by atoms with Gasteiger partial charge in [0.2, 0.25) is 0 Å². The summed E-state index contributed by atoms with van der Waals surface area (Å²) in [6, 6.07) is 0. The number of likely N-dealkylation sites (tertiary alicyclic amines) is 1. The second-order valence-corrected chi connectivity index (χ2v) is 4.97. The van der Waals surface area contributed by atoms with Gasteiger partial charge in [0.05, 0.1) is 0 Å². The Morgan fingerprint density at radius 2 is 1.64 bits per heavy atom. The van der Waals surface area contributed by atoms with Gasteiger partial charge in [-0.15, -0.1) is 6.58 Å². The fourth-order valence-corrected chi connectivity index (χ4v) is 3.32. The minimum absolute atomic E-state index is 0.524.